The molecule has 15 heteroatoms. The topological polar surface area (TPSA) is 208 Å². The Bertz CT molecular complexity index is 3290. The number of hydrogen-bond acceptors (Lipinski definition) is 14. The summed E-state index contributed by atoms with van der Waals surface area (Å²) in [6.45, 7) is 37.0. The van der Waals surface area contributed by atoms with Crippen molar-refractivity contribution in [3.63, 3.8) is 0 Å². The van der Waals surface area contributed by atoms with Gasteiger partial charge >= 0.3 is 52.7 Å². The molecule has 0 bridgehead atoms. The Balaban J connectivity index is -0.000000222. The van der Waals surface area contributed by atoms with Gasteiger partial charge in [0.25, 0.3) is 0 Å². The monoisotopic (exact) mass is 1360 g/mol. The van der Waals surface area contributed by atoms with Crippen LogP contribution in [0.15, 0.2) is 321 Å². The Labute approximate surface area is 580 Å². The van der Waals surface area contributed by atoms with Crippen LogP contribution in [0.3, 0.4) is 0 Å². The van der Waals surface area contributed by atoms with Crippen molar-refractivity contribution < 1.29 is 79.8 Å². The first-order valence-electron chi connectivity index (χ1n) is 29.7. The molecule has 0 N–H and O–H groups in total. The summed E-state index contributed by atoms with van der Waals surface area (Å²) < 4.78 is 35.6. The Morgan fingerprint density at radius 1 is 0.292 bits per heavy atom. The minimum absolute atomic E-state index is 0.250. The molecule has 0 aliphatic rings. The molecule has 0 atom stereocenters. The fourth-order valence-corrected chi connectivity index (χ4v) is 5.52. The van der Waals surface area contributed by atoms with Gasteiger partial charge in [-0.15, -0.1) is 0 Å². The summed E-state index contributed by atoms with van der Waals surface area (Å²) in [5.74, 6) is -0.0530. The average Bonchev–Trinajstić information content (AvgIpc) is 3.70. The van der Waals surface area contributed by atoms with E-state index in [1.54, 1.807) is 65.2 Å². The molecule has 0 aromatic carbocycles. The fraction of sp³-hybridized carbons (Fsp3) is 0.259. The molecule has 0 fully saturated rings. The minimum atomic E-state index is -1.44. The number of rotatable bonds is 28. The van der Waals surface area contributed by atoms with Crippen LogP contribution in [0.5, 0.6) is 0 Å². The van der Waals surface area contributed by atoms with Crippen molar-refractivity contribution in [2.45, 2.75) is 118 Å². The molecule has 0 aliphatic heterocycles. The Morgan fingerprint density at radius 3 is 0.677 bits per heavy atom. The number of allylic oxidation sites excluding steroid dienone is 50. The number of hydrogen-bond donors (Lipinski definition) is 0. The van der Waals surface area contributed by atoms with E-state index in [0.29, 0.717) is 22.3 Å². The molecule has 0 saturated heterocycles. The van der Waals surface area contributed by atoms with Gasteiger partial charge in [0.15, 0.2) is 0 Å². The number of ether oxygens (including phenoxy) is 4. The van der Waals surface area contributed by atoms with Crippen molar-refractivity contribution in [3.8, 4) is 0 Å². The third kappa shape index (κ3) is 81.8. The summed E-state index contributed by atoms with van der Waals surface area (Å²) in [7, 11) is 5.77. The van der Waals surface area contributed by atoms with Crippen LogP contribution >= 0.6 is 0 Å². The van der Waals surface area contributed by atoms with E-state index < -0.39 is 14.8 Å². The van der Waals surface area contributed by atoms with Crippen LogP contribution in [0.2, 0.25) is 0 Å². The molecule has 0 saturated carbocycles. The van der Waals surface area contributed by atoms with Crippen molar-refractivity contribution in [1.82, 2.24) is 0 Å². The number of carbonyl (C=O) groups is 4. The summed E-state index contributed by atoms with van der Waals surface area (Å²) in [5, 5.41) is 0. The molecule has 0 heterocycles. The second-order valence-corrected chi connectivity index (χ2v) is 20.5. The van der Waals surface area contributed by atoms with Crippen molar-refractivity contribution in [2.24, 2.45) is 0 Å². The van der Waals surface area contributed by atoms with E-state index in [-0.39, 0.29) is 30.2 Å². The molecular weight excluding hydrogens is 1250 g/mol. The first-order valence-corrected chi connectivity index (χ1v) is 30.6. The molecule has 96 heavy (non-hydrogen) atoms. The van der Waals surface area contributed by atoms with Gasteiger partial charge in [-0.25, -0.2) is 14.4 Å². The quantitative estimate of drug-likeness (QED) is 0.0136. The van der Waals surface area contributed by atoms with Gasteiger partial charge in [-0.1, -0.05) is 287 Å². The number of esters is 3. The van der Waals surface area contributed by atoms with Crippen molar-refractivity contribution >= 4 is 36.5 Å². The molecule has 0 aromatic heterocycles. The SMILES string of the molecule is C=C/C=C(\C)C(=O)OC.CO/C(C)=C/C=C/C(C)=C/C=C/C=C(C)/C=C/C=C(\C)C=O.COC(=O)/C(C)=C/C=C/C(C)=C/C=C/C(C)=C/C=C/C=C(C)/C=C/C=C(C)/C=C/C=C(C)C.COC(=O)/C(C)=C/C=C/C(C)=C/C=C/C=C(C)/C=C/C=C(C)C.O=C=O.O=C=O.[O]=[Mn]=[O]. The zero-order valence-electron chi connectivity index (χ0n) is 60.3. The van der Waals surface area contributed by atoms with E-state index in [4.69, 9.17) is 31.6 Å². The number of aldehydes is 1. The second kappa shape index (κ2) is 73.8. The molecule has 0 spiro atoms. The zero-order chi connectivity index (χ0) is 74.9. The van der Waals surface area contributed by atoms with Gasteiger partial charge < -0.3 is 18.9 Å². The molecule has 519 valence electrons. The molecule has 0 unspecified atom stereocenters. The maximum absolute atomic E-state index is 11.3. The van der Waals surface area contributed by atoms with E-state index in [2.05, 4.69) is 155 Å². The predicted octanol–water partition coefficient (Wildman–Crippen LogP) is 19.4. The van der Waals surface area contributed by atoms with E-state index in [0.717, 1.165) is 39.9 Å². The van der Waals surface area contributed by atoms with Crippen LogP contribution in [0.1, 0.15) is 118 Å². The van der Waals surface area contributed by atoms with Crippen LogP contribution in [0, 0.1) is 0 Å². The van der Waals surface area contributed by atoms with E-state index >= 15 is 0 Å². The molecule has 14 nitrogen and oxygen atoms in total. The van der Waals surface area contributed by atoms with Crippen LogP contribution in [0.25, 0.3) is 0 Å². The van der Waals surface area contributed by atoms with Crippen LogP contribution in [0.4, 0.5) is 0 Å². The summed E-state index contributed by atoms with van der Waals surface area (Å²) in [5.41, 5.74) is 14.2. The Hall–Kier alpha value is -10.3. The molecule has 0 aliphatic carbocycles. The van der Waals surface area contributed by atoms with E-state index in [1.807, 2.05) is 156 Å². The van der Waals surface area contributed by atoms with Crippen LogP contribution in [-0.2, 0) is 79.8 Å². The second-order valence-electron chi connectivity index (χ2n) is 20.3. The van der Waals surface area contributed by atoms with Gasteiger partial charge in [0, 0.05) is 16.7 Å². The van der Waals surface area contributed by atoms with Crippen molar-refractivity contribution in [2.75, 3.05) is 28.4 Å². The zero-order valence-corrected chi connectivity index (χ0v) is 61.5. The normalized spacial score (nSPS) is 13.4. The summed E-state index contributed by atoms with van der Waals surface area (Å²) in [4.78, 5) is 76.0. The molecule has 0 rings (SSSR count). The summed E-state index contributed by atoms with van der Waals surface area (Å²) >= 11 is -1.44. The van der Waals surface area contributed by atoms with Crippen molar-refractivity contribution in [3.05, 3.63) is 321 Å². The molecule has 0 amide bonds. The van der Waals surface area contributed by atoms with Gasteiger partial charge in [0.2, 0.25) is 0 Å². The first-order chi connectivity index (χ1) is 45.5. The van der Waals surface area contributed by atoms with Gasteiger partial charge in [-0.3, -0.25) is 4.79 Å². The summed E-state index contributed by atoms with van der Waals surface area (Å²) in [6.07, 6.45) is 76.3. The molecule has 0 aromatic rings. The Morgan fingerprint density at radius 2 is 0.479 bits per heavy atom. The van der Waals surface area contributed by atoms with Crippen LogP contribution in [-0.4, -0.2) is 64.9 Å². The third-order valence-corrected chi connectivity index (χ3v) is 10.7. The van der Waals surface area contributed by atoms with Gasteiger partial charge in [-0.2, -0.15) is 19.2 Å². The van der Waals surface area contributed by atoms with E-state index in [1.165, 1.54) is 49.2 Å². The van der Waals surface area contributed by atoms with Crippen molar-refractivity contribution in [1.29, 1.82) is 0 Å². The summed E-state index contributed by atoms with van der Waals surface area (Å²) in [6, 6.07) is 0. The molecule has 0 radical (unpaired) electrons. The van der Waals surface area contributed by atoms with Crippen LogP contribution < -0.4 is 0 Å². The van der Waals surface area contributed by atoms with E-state index in [9.17, 15) is 19.2 Å². The first kappa shape index (κ1) is 99.3. The molecular formula is C81H104MnO14. The maximum atomic E-state index is 11.3. The fourth-order valence-electron chi connectivity index (χ4n) is 5.52. The van der Waals surface area contributed by atoms with Gasteiger partial charge in [0.05, 0.1) is 34.2 Å². The average molecular weight is 1360 g/mol. The standard InChI is InChI=1S/C31H40O2.C21H28O2.C20H26O2.C7H10O2.2CO2.Mn.2O/c1-25(2)15-11-18-28(5)21-12-19-26(3)16-9-10-17-27(4)20-13-22-29(6)23-14-24-30(7)31(32)33-8;1-17(2)11-9-14-18(3)12-7-8-13-19(4)15-10-16-20(5)21(22)23-6;1-17(12-8-14-19(3)16-21)10-6-7-11-18(2)13-9-15-20(4)22-5;1-4-5-6(2)7(8)9-3;2*2-1-3;;;/h9-24H,1-8H3;7-16H,1-6H3;6-16H,1-5H3;4-5H,1H2,2-3H3;;;;;/b10-9+,18-11+,19-12+,20-13+,23-14+,26-16+,27-17+,28-21+,29-22+,30-24+;8-7+,14-9+,15-10+,18-12+,19-13+,20-16+;7-6+,12-8+,13-9+,17-10+,18-11+,19-14+,20-15+;6-5+;;;;;. The number of carbonyl (C=O) groups excluding carboxylic acids is 8. The third-order valence-electron chi connectivity index (χ3n) is 10.7. The number of methoxy groups -OCH3 is 4. The van der Waals surface area contributed by atoms with Gasteiger partial charge in [0.1, 0.15) is 6.29 Å². The van der Waals surface area contributed by atoms with Gasteiger partial charge in [-0.05, 0) is 129 Å². The predicted molar refractivity (Wildman–Crippen MR) is 389 cm³/mol. The Kier molecular flexibility index (Phi) is 76.3.